The Morgan fingerprint density at radius 2 is 2.20 bits per heavy atom. The third-order valence-electron chi connectivity index (χ3n) is 3.88. The summed E-state index contributed by atoms with van der Waals surface area (Å²) >= 11 is 7.37. The highest BCUT2D eigenvalue weighted by atomic mass is 35.5. The lowest BCUT2D eigenvalue weighted by atomic mass is 9.83. The van der Waals surface area contributed by atoms with Crippen molar-refractivity contribution < 1.29 is 9.90 Å². The van der Waals surface area contributed by atoms with Crippen molar-refractivity contribution in [3.8, 4) is 0 Å². The van der Waals surface area contributed by atoms with Crippen molar-refractivity contribution in [1.82, 2.24) is 9.80 Å². The number of hydrogen-bond acceptors (Lipinski definition) is 4. The normalized spacial score (nSPS) is 18.1. The standard InChI is InChI=1S/C14H21ClN2O2S/c1-10(2)14(19)8-17(9-14)7-13(18)16(3)6-11-4-5-12(15)20-11/h4-5,10,19H,6-9H2,1-3H3. The lowest BCUT2D eigenvalue weighted by Crippen LogP contribution is -2.65. The van der Waals surface area contributed by atoms with Gasteiger partial charge in [-0.1, -0.05) is 25.4 Å². The van der Waals surface area contributed by atoms with E-state index < -0.39 is 5.60 Å². The average molecular weight is 317 g/mol. The third kappa shape index (κ3) is 3.52. The molecule has 112 valence electrons. The molecule has 0 bridgehead atoms. The van der Waals surface area contributed by atoms with E-state index in [1.165, 1.54) is 11.3 Å². The van der Waals surface area contributed by atoms with Crippen LogP contribution >= 0.6 is 22.9 Å². The number of halogens is 1. The molecule has 1 amide bonds. The Hall–Kier alpha value is -0.620. The topological polar surface area (TPSA) is 43.8 Å². The van der Waals surface area contributed by atoms with Crippen molar-refractivity contribution in [2.45, 2.75) is 26.0 Å². The van der Waals surface area contributed by atoms with Gasteiger partial charge in [-0.05, 0) is 18.1 Å². The van der Waals surface area contributed by atoms with Gasteiger partial charge >= 0.3 is 0 Å². The van der Waals surface area contributed by atoms with Crippen LogP contribution in [0.3, 0.4) is 0 Å². The van der Waals surface area contributed by atoms with Gasteiger partial charge in [0.05, 0.1) is 23.0 Å². The van der Waals surface area contributed by atoms with Crippen LogP contribution in [-0.2, 0) is 11.3 Å². The number of carbonyl (C=O) groups excluding carboxylic acids is 1. The number of nitrogens with zero attached hydrogens (tertiary/aromatic N) is 2. The van der Waals surface area contributed by atoms with E-state index in [4.69, 9.17) is 11.6 Å². The molecule has 2 rings (SSSR count). The van der Waals surface area contributed by atoms with Gasteiger partial charge in [0.1, 0.15) is 0 Å². The number of thiophene rings is 1. The molecule has 1 aromatic heterocycles. The Morgan fingerprint density at radius 3 is 2.70 bits per heavy atom. The molecule has 0 unspecified atom stereocenters. The van der Waals surface area contributed by atoms with E-state index in [-0.39, 0.29) is 11.8 Å². The summed E-state index contributed by atoms with van der Waals surface area (Å²) in [5, 5.41) is 10.2. The Kier molecular flexibility index (Phi) is 4.74. The Bertz CT molecular complexity index is 483. The van der Waals surface area contributed by atoms with Gasteiger partial charge in [-0.15, -0.1) is 11.3 Å². The summed E-state index contributed by atoms with van der Waals surface area (Å²) in [6.45, 7) is 6.12. The SMILES string of the molecule is CC(C)C1(O)CN(CC(=O)N(C)Cc2ccc(Cl)s2)C1. The smallest absolute Gasteiger partial charge is 0.236 e. The monoisotopic (exact) mass is 316 g/mol. The summed E-state index contributed by atoms with van der Waals surface area (Å²) in [7, 11) is 1.80. The Balaban J connectivity index is 1.78. The number of carbonyl (C=O) groups is 1. The molecule has 0 aromatic carbocycles. The third-order valence-corrected chi connectivity index (χ3v) is 5.09. The summed E-state index contributed by atoms with van der Waals surface area (Å²) in [6.07, 6.45) is 0. The summed E-state index contributed by atoms with van der Waals surface area (Å²) in [6, 6.07) is 3.79. The number of aliphatic hydroxyl groups is 1. The van der Waals surface area contributed by atoms with E-state index in [0.29, 0.717) is 26.2 Å². The van der Waals surface area contributed by atoms with Crippen LogP contribution in [0.1, 0.15) is 18.7 Å². The van der Waals surface area contributed by atoms with E-state index in [0.717, 1.165) is 9.21 Å². The number of likely N-dealkylation sites (tertiary alicyclic amines) is 1. The van der Waals surface area contributed by atoms with Crippen molar-refractivity contribution in [1.29, 1.82) is 0 Å². The molecule has 0 saturated carbocycles. The zero-order valence-electron chi connectivity index (χ0n) is 12.1. The summed E-state index contributed by atoms with van der Waals surface area (Å²) < 4.78 is 0.741. The summed E-state index contributed by atoms with van der Waals surface area (Å²) in [4.78, 5) is 16.9. The number of hydrogen-bond donors (Lipinski definition) is 1. The van der Waals surface area contributed by atoms with Gasteiger partial charge in [0, 0.05) is 25.0 Å². The molecule has 2 heterocycles. The van der Waals surface area contributed by atoms with E-state index in [2.05, 4.69) is 0 Å². The minimum atomic E-state index is -0.625. The molecule has 4 nitrogen and oxygen atoms in total. The fraction of sp³-hybridized carbons (Fsp3) is 0.643. The molecule has 0 atom stereocenters. The fourth-order valence-corrected chi connectivity index (χ4v) is 3.42. The van der Waals surface area contributed by atoms with E-state index in [1.807, 2.05) is 30.9 Å². The molecule has 1 N–H and O–H groups in total. The quantitative estimate of drug-likeness (QED) is 0.904. The van der Waals surface area contributed by atoms with Gasteiger partial charge in [0.15, 0.2) is 0 Å². The van der Waals surface area contributed by atoms with Crippen molar-refractivity contribution in [2.24, 2.45) is 5.92 Å². The van der Waals surface area contributed by atoms with Crippen molar-refractivity contribution in [3.05, 3.63) is 21.3 Å². The van der Waals surface area contributed by atoms with Gasteiger partial charge in [-0.25, -0.2) is 0 Å². The first-order valence-corrected chi connectivity index (χ1v) is 7.92. The highest BCUT2D eigenvalue weighted by Crippen LogP contribution is 2.28. The first kappa shape index (κ1) is 15.8. The van der Waals surface area contributed by atoms with Crippen molar-refractivity contribution >= 4 is 28.8 Å². The molecule has 0 aliphatic carbocycles. The van der Waals surface area contributed by atoms with Gasteiger partial charge < -0.3 is 10.0 Å². The number of likely N-dealkylation sites (N-methyl/N-ethyl adjacent to an activating group) is 1. The van der Waals surface area contributed by atoms with Gasteiger partial charge in [-0.2, -0.15) is 0 Å². The predicted molar refractivity (Wildman–Crippen MR) is 82.0 cm³/mol. The van der Waals surface area contributed by atoms with Crippen LogP contribution in [0.25, 0.3) is 0 Å². The first-order valence-electron chi connectivity index (χ1n) is 6.73. The van der Waals surface area contributed by atoms with Crippen LogP contribution in [0.15, 0.2) is 12.1 Å². The van der Waals surface area contributed by atoms with E-state index in [9.17, 15) is 9.90 Å². The van der Waals surface area contributed by atoms with Crippen LogP contribution in [-0.4, -0.2) is 53.1 Å². The zero-order chi connectivity index (χ0) is 14.9. The zero-order valence-corrected chi connectivity index (χ0v) is 13.7. The molecule has 1 fully saturated rings. The average Bonchev–Trinajstić information content (AvgIpc) is 2.72. The highest BCUT2D eigenvalue weighted by Gasteiger charge is 2.44. The Morgan fingerprint density at radius 1 is 1.55 bits per heavy atom. The van der Waals surface area contributed by atoms with Crippen LogP contribution < -0.4 is 0 Å². The lowest BCUT2D eigenvalue weighted by Gasteiger charge is -2.49. The molecule has 1 aliphatic rings. The maximum Gasteiger partial charge on any atom is 0.236 e. The van der Waals surface area contributed by atoms with Gasteiger partial charge in [0.25, 0.3) is 0 Å². The number of rotatable bonds is 5. The molecule has 1 aliphatic heterocycles. The highest BCUT2D eigenvalue weighted by molar-refractivity contribution is 7.16. The van der Waals surface area contributed by atoms with E-state index >= 15 is 0 Å². The second kappa shape index (κ2) is 6.02. The number of β-amino-alcohol motifs (C(OH)–C–C–N with tert-alkyl or cyclic N) is 1. The molecule has 0 spiro atoms. The minimum absolute atomic E-state index is 0.0697. The van der Waals surface area contributed by atoms with Crippen LogP contribution in [0, 0.1) is 5.92 Å². The van der Waals surface area contributed by atoms with Crippen molar-refractivity contribution in [2.75, 3.05) is 26.7 Å². The maximum atomic E-state index is 12.1. The summed E-state index contributed by atoms with van der Waals surface area (Å²) in [5.41, 5.74) is -0.625. The van der Waals surface area contributed by atoms with Crippen molar-refractivity contribution in [3.63, 3.8) is 0 Å². The van der Waals surface area contributed by atoms with E-state index in [1.54, 1.807) is 11.9 Å². The molecular weight excluding hydrogens is 296 g/mol. The lowest BCUT2D eigenvalue weighted by molar-refractivity contribution is -0.148. The second-order valence-electron chi connectivity index (χ2n) is 5.86. The predicted octanol–water partition coefficient (Wildman–Crippen LogP) is 2.06. The van der Waals surface area contributed by atoms with Gasteiger partial charge in [-0.3, -0.25) is 9.69 Å². The summed E-state index contributed by atoms with van der Waals surface area (Å²) in [5.74, 6) is 0.292. The number of amides is 1. The Labute approximate surface area is 128 Å². The molecule has 1 aromatic rings. The van der Waals surface area contributed by atoms with Crippen LogP contribution in [0.4, 0.5) is 0 Å². The molecule has 6 heteroatoms. The second-order valence-corrected chi connectivity index (χ2v) is 7.66. The maximum absolute atomic E-state index is 12.1. The largest absolute Gasteiger partial charge is 0.387 e. The van der Waals surface area contributed by atoms with Crippen LogP contribution in [0.2, 0.25) is 4.34 Å². The molecular formula is C14H21ClN2O2S. The van der Waals surface area contributed by atoms with Crippen LogP contribution in [0.5, 0.6) is 0 Å². The first-order chi connectivity index (χ1) is 9.30. The van der Waals surface area contributed by atoms with Gasteiger partial charge in [0.2, 0.25) is 5.91 Å². The molecule has 0 radical (unpaired) electrons. The molecule has 20 heavy (non-hydrogen) atoms. The fourth-order valence-electron chi connectivity index (χ4n) is 2.28. The minimum Gasteiger partial charge on any atom is -0.387 e. The molecule has 1 saturated heterocycles.